The number of carbonyl (C=O) groups is 1. The van der Waals surface area contributed by atoms with Crippen LogP contribution in [-0.4, -0.2) is 31.5 Å². The summed E-state index contributed by atoms with van der Waals surface area (Å²) in [5.41, 5.74) is 2.06. The van der Waals surface area contributed by atoms with Crippen LogP contribution < -0.4 is 5.32 Å². The molecule has 2 aromatic heterocycles. The Morgan fingerprint density at radius 1 is 1.27 bits per heavy atom. The highest BCUT2D eigenvalue weighted by Crippen LogP contribution is 2.15. The van der Waals surface area contributed by atoms with Gasteiger partial charge in [0.15, 0.2) is 0 Å². The molecule has 0 saturated heterocycles. The monoisotopic (exact) mass is 314 g/mol. The van der Waals surface area contributed by atoms with Crippen molar-refractivity contribution < 1.29 is 4.79 Å². The minimum Gasteiger partial charge on any atom is -0.347 e. The number of H-pyrrole nitrogens is 1. The zero-order valence-electron chi connectivity index (χ0n) is 11.3. The zero-order chi connectivity index (χ0) is 15.4. The Labute approximate surface area is 130 Å². The van der Waals surface area contributed by atoms with E-state index < -0.39 is 0 Å². The van der Waals surface area contributed by atoms with Gasteiger partial charge in [-0.15, -0.1) is 10.2 Å². The third-order valence-corrected chi connectivity index (χ3v) is 3.17. The summed E-state index contributed by atoms with van der Waals surface area (Å²) in [5, 5.41) is 17.1. The van der Waals surface area contributed by atoms with Gasteiger partial charge in [-0.2, -0.15) is 5.21 Å². The summed E-state index contributed by atoms with van der Waals surface area (Å²) < 4.78 is 0. The topological polar surface area (TPSA) is 96.5 Å². The molecule has 0 spiro atoms. The Morgan fingerprint density at radius 2 is 2.18 bits per heavy atom. The van der Waals surface area contributed by atoms with E-state index in [1.165, 1.54) is 6.20 Å². The summed E-state index contributed by atoms with van der Waals surface area (Å²) in [6.45, 7) is 0.370. The first-order chi connectivity index (χ1) is 10.7. The molecule has 3 aromatic rings. The van der Waals surface area contributed by atoms with Gasteiger partial charge in [0.05, 0.1) is 5.02 Å². The number of tetrazole rings is 1. The highest BCUT2D eigenvalue weighted by molar-refractivity contribution is 6.30. The van der Waals surface area contributed by atoms with Crippen LogP contribution >= 0.6 is 11.6 Å². The van der Waals surface area contributed by atoms with Crippen molar-refractivity contribution >= 4 is 17.5 Å². The molecule has 8 heteroatoms. The van der Waals surface area contributed by atoms with Crippen LogP contribution in [0.3, 0.4) is 0 Å². The lowest BCUT2D eigenvalue weighted by molar-refractivity contribution is 0.0946. The first kappa shape index (κ1) is 14.2. The molecule has 7 nitrogen and oxygen atoms in total. The van der Waals surface area contributed by atoms with E-state index in [0.29, 0.717) is 23.1 Å². The normalized spacial score (nSPS) is 10.4. The van der Waals surface area contributed by atoms with Gasteiger partial charge in [-0.05, 0) is 29.0 Å². The second kappa shape index (κ2) is 6.31. The summed E-state index contributed by atoms with van der Waals surface area (Å²) in [4.78, 5) is 16.0. The van der Waals surface area contributed by atoms with Crippen LogP contribution in [0.1, 0.15) is 16.1 Å². The molecule has 1 aromatic carbocycles. The largest absolute Gasteiger partial charge is 0.347 e. The minimum absolute atomic E-state index is 0.262. The molecule has 22 heavy (non-hydrogen) atoms. The van der Waals surface area contributed by atoms with Gasteiger partial charge in [0.1, 0.15) is 5.69 Å². The van der Waals surface area contributed by atoms with Crippen LogP contribution in [0.4, 0.5) is 0 Å². The number of carbonyl (C=O) groups excluding carboxylic acids is 1. The standard InChI is InChI=1S/C14H11ClN6O/c15-11-4-5-12(16-8-11)14(22)17-7-9-2-1-3-10(6-9)13-18-20-21-19-13/h1-6,8H,7H2,(H,17,22)(H,18,19,20,21). The number of aromatic amines is 1. The summed E-state index contributed by atoms with van der Waals surface area (Å²) in [6, 6.07) is 10.7. The van der Waals surface area contributed by atoms with Gasteiger partial charge in [0, 0.05) is 18.3 Å². The summed E-state index contributed by atoms with van der Waals surface area (Å²) in [7, 11) is 0. The number of rotatable bonds is 4. The fourth-order valence-corrected chi connectivity index (χ4v) is 2.00. The average molecular weight is 315 g/mol. The van der Waals surface area contributed by atoms with Crippen LogP contribution in [0.25, 0.3) is 11.4 Å². The van der Waals surface area contributed by atoms with Crippen LogP contribution in [-0.2, 0) is 6.54 Å². The third-order valence-electron chi connectivity index (χ3n) is 2.94. The van der Waals surface area contributed by atoms with E-state index in [1.807, 2.05) is 24.3 Å². The minimum atomic E-state index is -0.262. The van der Waals surface area contributed by atoms with Crippen LogP contribution in [0.5, 0.6) is 0 Å². The van der Waals surface area contributed by atoms with E-state index in [9.17, 15) is 4.79 Å². The van der Waals surface area contributed by atoms with Crippen molar-refractivity contribution in [1.82, 2.24) is 30.9 Å². The number of hydrogen-bond donors (Lipinski definition) is 2. The predicted octanol–water partition coefficient (Wildman–Crippen LogP) is 1.85. The van der Waals surface area contributed by atoms with Crippen molar-refractivity contribution in [2.24, 2.45) is 0 Å². The van der Waals surface area contributed by atoms with E-state index >= 15 is 0 Å². The van der Waals surface area contributed by atoms with Gasteiger partial charge in [-0.1, -0.05) is 29.8 Å². The van der Waals surface area contributed by atoms with Gasteiger partial charge in [0.2, 0.25) is 5.82 Å². The molecule has 2 heterocycles. The van der Waals surface area contributed by atoms with Crippen LogP contribution in [0.2, 0.25) is 5.02 Å². The Balaban J connectivity index is 1.67. The van der Waals surface area contributed by atoms with Crippen molar-refractivity contribution in [2.45, 2.75) is 6.54 Å². The van der Waals surface area contributed by atoms with Crippen LogP contribution in [0, 0.1) is 0 Å². The summed E-state index contributed by atoms with van der Waals surface area (Å²) in [6.07, 6.45) is 1.44. The SMILES string of the molecule is O=C(NCc1cccc(-c2nn[nH]n2)c1)c1ccc(Cl)cn1. The maximum absolute atomic E-state index is 12.0. The van der Waals surface area contributed by atoms with Gasteiger partial charge in [-0.25, -0.2) is 4.98 Å². The molecule has 0 aliphatic carbocycles. The van der Waals surface area contributed by atoms with Crippen molar-refractivity contribution in [1.29, 1.82) is 0 Å². The number of hydrogen-bond acceptors (Lipinski definition) is 5. The molecule has 3 rings (SSSR count). The number of benzene rings is 1. The van der Waals surface area contributed by atoms with Gasteiger partial charge < -0.3 is 5.32 Å². The predicted molar refractivity (Wildman–Crippen MR) is 80.0 cm³/mol. The highest BCUT2D eigenvalue weighted by Gasteiger charge is 2.08. The smallest absolute Gasteiger partial charge is 0.270 e. The molecule has 2 N–H and O–H groups in total. The van der Waals surface area contributed by atoms with Gasteiger partial charge >= 0.3 is 0 Å². The molecule has 0 fully saturated rings. The molecule has 0 radical (unpaired) electrons. The molecule has 0 aliphatic heterocycles. The maximum atomic E-state index is 12.0. The lowest BCUT2D eigenvalue weighted by Crippen LogP contribution is -2.23. The van der Waals surface area contributed by atoms with Crippen LogP contribution in [0.15, 0.2) is 42.6 Å². The van der Waals surface area contributed by atoms with Gasteiger partial charge in [-0.3, -0.25) is 4.79 Å². The highest BCUT2D eigenvalue weighted by atomic mass is 35.5. The summed E-state index contributed by atoms with van der Waals surface area (Å²) >= 11 is 5.74. The Hall–Kier alpha value is -2.80. The molecule has 0 atom stereocenters. The van der Waals surface area contributed by atoms with Crippen molar-refractivity contribution in [3.8, 4) is 11.4 Å². The second-order valence-electron chi connectivity index (χ2n) is 4.48. The fraction of sp³-hybridized carbons (Fsp3) is 0.0714. The van der Waals surface area contributed by atoms with E-state index in [1.54, 1.807) is 12.1 Å². The number of amides is 1. The van der Waals surface area contributed by atoms with E-state index in [-0.39, 0.29) is 5.91 Å². The summed E-state index contributed by atoms with van der Waals surface area (Å²) in [5.74, 6) is 0.245. The zero-order valence-corrected chi connectivity index (χ0v) is 12.1. The van der Waals surface area contributed by atoms with E-state index in [2.05, 4.69) is 30.9 Å². The van der Waals surface area contributed by atoms with Crippen molar-refractivity contribution in [3.63, 3.8) is 0 Å². The number of nitrogens with one attached hydrogen (secondary N) is 2. The lowest BCUT2D eigenvalue weighted by Gasteiger charge is -2.06. The Morgan fingerprint density at radius 3 is 2.91 bits per heavy atom. The van der Waals surface area contributed by atoms with E-state index in [0.717, 1.165) is 11.1 Å². The molecule has 0 saturated carbocycles. The Kier molecular flexibility index (Phi) is 4.06. The molecule has 0 aliphatic rings. The molecular weight excluding hydrogens is 304 g/mol. The fourth-order valence-electron chi connectivity index (χ4n) is 1.89. The number of aromatic nitrogens is 5. The number of halogens is 1. The quantitative estimate of drug-likeness (QED) is 0.766. The second-order valence-corrected chi connectivity index (χ2v) is 4.92. The first-order valence-electron chi connectivity index (χ1n) is 6.45. The van der Waals surface area contributed by atoms with Crippen molar-refractivity contribution in [3.05, 3.63) is 58.9 Å². The first-order valence-corrected chi connectivity index (χ1v) is 6.83. The number of pyridine rings is 1. The maximum Gasteiger partial charge on any atom is 0.270 e. The molecule has 110 valence electrons. The molecule has 0 unspecified atom stereocenters. The molecule has 1 amide bonds. The third kappa shape index (κ3) is 3.26. The van der Waals surface area contributed by atoms with E-state index in [4.69, 9.17) is 11.6 Å². The molecule has 0 bridgehead atoms. The van der Waals surface area contributed by atoms with Gasteiger partial charge in [0.25, 0.3) is 5.91 Å². The number of nitrogens with zero attached hydrogens (tertiary/aromatic N) is 4. The Bertz CT molecular complexity index is 772. The lowest BCUT2D eigenvalue weighted by atomic mass is 10.1. The average Bonchev–Trinajstić information content (AvgIpc) is 3.08. The van der Waals surface area contributed by atoms with Crippen molar-refractivity contribution in [2.75, 3.05) is 0 Å². The molecular formula is C14H11ClN6O.